The van der Waals surface area contributed by atoms with Gasteiger partial charge in [0.15, 0.2) is 5.11 Å². The second-order valence-corrected chi connectivity index (χ2v) is 6.16. The number of benzene rings is 2. The Kier molecular flexibility index (Phi) is 5.93. The van der Waals surface area contributed by atoms with Crippen LogP contribution < -0.4 is 10.6 Å². The van der Waals surface area contributed by atoms with Crippen molar-refractivity contribution >= 4 is 29.0 Å². The van der Waals surface area contributed by atoms with Gasteiger partial charge in [0, 0.05) is 5.69 Å². The topological polar surface area (TPSA) is 50.4 Å². The maximum atomic E-state index is 11.6. The third-order valence-corrected chi connectivity index (χ3v) is 4.01. The second-order valence-electron chi connectivity index (χ2n) is 5.75. The molecule has 0 aromatic heterocycles. The molecule has 2 rings (SSSR count). The van der Waals surface area contributed by atoms with Crippen molar-refractivity contribution in [2.75, 3.05) is 12.4 Å². The number of rotatable bonds is 4. The lowest BCUT2D eigenvalue weighted by Crippen LogP contribution is -2.31. The highest BCUT2D eigenvalue weighted by molar-refractivity contribution is 7.80. The van der Waals surface area contributed by atoms with Crippen molar-refractivity contribution in [1.29, 1.82) is 0 Å². The minimum Gasteiger partial charge on any atom is -0.465 e. The van der Waals surface area contributed by atoms with Gasteiger partial charge in [-0.2, -0.15) is 0 Å². The number of carbonyl (C=O) groups excluding carboxylic acids is 1. The van der Waals surface area contributed by atoms with Crippen molar-refractivity contribution < 1.29 is 9.53 Å². The Balaban J connectivity index is 2.05. The summed E-state index contributed by atoms with van der Waals surface area (Å²) in [5.74, 6) is -0.374. The van der Waals surface area contributed by atoms with Gasteiger partial charge >= 0.3 is 5.97 Å². The van der Waals surface area contributed by atoms with E-state index in [0.717, 1.165) is 5.69 Å². The van der Waals surface area contributed by atoms with Crippen LogP contribution in [-0.2, 0) is 4.74 Å². The standard InChI is InChI=1S/C19H22N2O2S/c1-12-8-9-13(2)17(10-12)14(3)20-19(24)21-16-7-5-6-15(11-16)18(22)23-4/h5-11,14H,1-4H3,(H2,20,21,24). The number of hydrogen-bond donors (Lipinski definition) is 2. The highest BCUT2D eigenvalue weighted by atomic mass is 32.1. The van der Waals surface area contributed by atoms with Crippen molar-refractivity contribution in [2.24, 2.45) is 0 Å². The lowest BCUT2D eigenvalue weighted by Gasteiger charge is -2.20. The molecule has 0 amide bonds. The van der Waals surface area contributed by atoms with Gasteiger partial charge in [0.1, 0.15) is 0 Å². The molecule has 0 aliphatic heterocycles. The van der Waals surface area contributed by atoms with E-state index < -0.39 is 0 Å². The molecule has 2 aromatic carbocycles. The van der Waals surface area contributed by atoms with Gasteiger partial charge in [-0.25, -0.2) is 4.79 Å². The molecule has 0 radical (unpaired) electrons. The molecule has 0 aliphatic rings. The van der Waals surface area contributed by atoms with Gasteiger partial charge in [0.2, 0.25) is 0 Å². The summed E-state index contributed by atoms with van der Waals surface area (Å²) in [6, 6.07) is 13.5. The van der Waals surface area contributed by atoms with Crippen LogP contribution in [0.4, 0.5) is 5.69 Å². The van der Waals surface area contributed by atoms with E-state index in [1.54, 1.807) is 18.2 Å². The van der Waals surface area contributed by atoms with Gasteiger partial charge in [0.05, 0.1) is 18.7 Å². The average molecular weight is 342 g/mol. The summed E-state index contributed by atoms with van der Waals surface area (Å²) < 4.78 is 4.73. The van der Waals surface area contributed by atoms with Gasteiger partial charge in [-0.3, -0.25) is 0 Å². The van der Waals surface area contributed by atoms with Gasteiger partial charge in [-0.15, -0.1) is 0 Å². The average Bonchev–Trinajstić information content (AvgIpc) is 2.56. The summed E-state index contributed by atoms with van der Waals surface area (Å²) in [4.78, 5) is 11.6. The number of carbonyl (C=O) groups is 1. The molecule has 4 nitrogen and oxygen atoms in total. The van der Waals surface area contributed by atoms with Crippen LogP contribution in [0, 0.1) is 13.8 Å². The molecular weight excluding hydrogens is 320 g/mol. The van der Waals surface area contributed by atoms with Crippen molar-refractivity contribution in [3.05, 3.63) is 64.7 Å². The lowest BCUT2D eigenvalue weighted by molar-refractivity contribution is 0.0601. The number of aryl methyl sites for hydroxylation is 2. The largest absolute Gasteiger partial charge is 0.465 e. The molecule has 1 unspecified atom stereocenters. The number of methoxy groups -OCH3 is 1. The second kappa shape index (κ2) is 7.93. The molecule has 0 spiro atoms. The molecular formula is C19H22N2O2S. The fourth-order valence-electron chi connectivity index (χ4n) is 2.51. The number of hydrogen-bond acceptors (Lipinski definition) is 3. The fraction of sp³-hybridized carbons (Fsp3) is 0.263. The third kappa shape index (κ3) is 4.55. The first-order valence-corrected chi connectivity index (χ1v) is 8.14. The normalized spacial score (nSPS) is 11.5. The smallest absolute Gasteiger partial charge is 0.337 e. The van der Waals surface area contributed by atoms with Crippen molar-refractivity contribution in [1.82, 2.24) is 5.32 Å². The monoisotopic (exact) mass is 342 g/mol. The molecule has 0 heterocycles. The predicted molar refractivity (Wildman–Crippen MR) is 101 cm³/mol. The predicted octanol–water partition coefficient (Wildman–Crippen LogP) is 4.14. The zero-order chi connectivity index (χ0) is 17.7. The van der Waals surface area contributed by atoms with Crippen LogP contribution in [0.5, 0.6) is 0 Å². The molecule has 0 aliphatic carbocycles. The Hall–Kier alpha value is -2.40. The van der Waals surface area contributed by atoms with Gasteiger partial charge in [-0.1, -0.05) is 29.8 Å². The van der Waals surface area contributed by atoms with Crippen LogP contribution in [0.1, 0.15) is 40.0 Å². The molecule has 2 aromatic rings. The molecule has 0 saturated heterocycles. The first-order chi connectivity index (χ1) is 11.4. The lowest BCUT2D eigenvalue weighted by atomic mass is 10.0. The summed E-state index contributed by atoms with van der Waals surface area (Å²) in [6.07, 6.45) is 0. The summed E-state index contributed by atoms with van der Waals surface area (Å²) in [6.45, 7) is 6.23. The van der Waals surface area contributed by atoms with E-state index in [0.29, 0.717) is 10.7 Å². The summed E-state index contributed by atoms with van der Waals surface area (Å²) in [7, 11) is 1.36. The molecule has 0 saturated carbocycles. The Labute approximate surface area is 148 Å². The third-order valence-electron chi connectivity index (χ3n) is 3.79. The first-order valence-electron chi connectivity index (χ1n) is 7.73. The molecule has 2 N–H and O–H groups in total. The van der Waals surface area contributed by atoms with E-state index in [1.165, 1.54) is 23.8 Å². The summed E-state index contributed by atoms with van der Waals surface area (Å²) in [5.41, 5.74) is 4.86. The van der Waals surface area contributed by atoms with E-state index in [9.17, 15) is 4.79 Å². The quantitative estimate of drug-likeness (QED) is 0.646. The van der Waals surface area contributed by atoms with Crippen LogP contribution >= 0.6 is 12.2 Å². The number of anilines is 1. The number of thiocarbonyl (C=S) groups is 1. The SMILES string of the molecule is COC(=O)c1cccc(NC(=S)NC(C)c2cc(C)ccc2C)c1. The highest BCUT2D eigenvalue weighted by Crippen LogP contribution is 2.19. The molecule has 5 heteroatoms. The minimum absolute atomic E-state index is 0.0775. The number of nitrogens with one attached hydrogen (secondary N) is 2. The van der Waals surface area contributed by atoms with Crippen LogP contribution in [0.2, 0.25) is 0 Å². The fourth-order valence-corrected chi connectivity index (χ4v) is 2.80. The van der Waals surface area contributed by atoms with E-state index in [1.807, 2.05) is 6.07 Å². The van der Waals surface area contributed by atoms with E-state index in [-0.39, 0.29) is 12.0 Å². The van der Waals surface area contributed by atoms with Crippen molar-refractivity contribution in [3.63, 3.8) is 0 Å². The molecule has 126 valence electrons. The van der Waals surface area contributed by atoms with Crippen molar-refractivity contribution in [2.45, 2.75) is 26.8 Å². The van der Waals surface area contributed by atoms with Crippen molar-refractivity contribution in [3.8, 4) is 0 Å². The Morgan fingerprint density at radius 1 is 1.17 bits per heavy atom. The zero-order valence-corrected chi connectivity index (χ0v) is 15.2. The van der Waals surface area contributed by atoms with Crippen LogP contribution in [-0.4, -0.2) is 18.2 Å². The van der Waals surface area contributed by atoms with Gasteiger partial charge in [-0.05, 0) is 62.3 Å². The van der Waals surface area contributed by atoms with E-state index in [4.69, 9.17) is 17.0 Å². The van der Waals surface area contributed by atoms with Crippen LogP contribution in [0.3, 0.4) is 0 Å². The molecule has 0 fully saturated rings. The highest BCUT2D eigenvalue weighted by Gasteiger charge is 2.11. The van der Waals surface area contributed by atoms with Crippen LogP contribution in [0.15, 0.2) is 42.5 Å². The summed E-state index contributed by atoms with van der Waals surface area (Å²) in [5, 5.41) is 6.89. The summed E-state index contributed by atoms with van der Waals surface area (Å²) >= 11 is 5.39. The van der Waals surface area contributed by atoms with Gasteiger partial charge < -0.3 is 15.4 Å². The number of ether oxygens (including phenoxy) is 1. The molecule has 24 heavy (non-hydrogen) atoms. The number of esters is 1. The zero-order valence-electron chi connectivity index (χ0n) is 14.3. The van der Waals surface area contributed by atoms with E-state index in [2.05, 4.69) is 49.6 Å². The maximum absolute atomic E-state index is 11.6. The maximum Gasteiger partial charge on any atom is 0.337 e. The van der Waals surface area contributed by atoms with E-state index >= 15 is 0 Å². The molecule has 1 atom stereocenters. The Bertz CT molecular complexity index is 759. The molecule has 0 bridgehead atoms. The van der Waals surface area contributed by atoms with Gasteiger partial charge in [0.25, 0.3) is 0 Å². The Morgan fingerprint density at radius 2 is 1.92 bits per heavy atom. The first kappa shape index (κ1) is 17.9. The van der Waals surface area contributed by atoms with Crippen LogP contribution in [0.25, 0.3) is 0 Å². The minimum atomic E-state index is -0.374. The Morgan fingerprint density at radius 3 is 2.62 bits per heavy atom.